The summed E-state index contributed by atoms with van der Waals surface area (Å²) < 4.78 is 0. The molecule has 0 aromatic heterocycles. The first-order valence-electron chi connectivity index (χ1n) is 6.72. The summed E-state index contributed by atoms with van der Waals surface area (Å²) in [5.74, 6) is -0.0524. The van der Waals surface area contributed by atoms with Crippen molar-refractivity contribution in [1.82, 2.24) is 10.6 Å². The quantitative estimate of drug-likeness (QED) is 0.699. The van der Waals surface area contributed by atoms with Crippen molar-refractivity contribution in [1.29, 1.82) is 0 Å². The van der Waals surface area contributed by atoms with E-state index in [-0.39, 0.29) is 17.9 Å². The number of nitrogens with one attached hydrogen (secondary N) is 2. The van der Waals surface area contributed by atoms with Gasteiger partial charge < -0.3 is 15.7 Å². The van der Waals surface area contributed by atoms with E-state index in [0.717, 1.165) is 5.56 Å². The van der Waals surface area contributed by atoms with Gasteiger partial charge in [-0.25, -0.2) is 0 Å². The van der Waals surface area contributed by atoms with E-state index in [1.165, 1.54) is 0 Å². The number of aliphatic hydroxyl groups is 1. The first-order valence-corrected chi connectivity index (χ1v) is 6.72. The molecule has 0 aliphatic heterocycles. The van der Waals surface area contributed by atoms with Gasteiger partial charge in [-0.05, 0) is 26.0 Å². The molecule has 3 unspecified atom stereocenters. The third-order valence-corrected chi connectivity index (χ3v) is 3.11. The fraction of sp³-hybridized carbons (Fsp3) is 0.533. The molecule has 1 aromatic carbocycles. The zero-order valence-electron chi connectivity index (χ0n) is 11.9. The standard InChI is InChI=1S/C15H24N2O2/c1-11(10-16-3)15(19)17-12(2)9-14(18)13-7-5-4-6-8-13/h4-8,11-12,14,16,18H,9-10H2,1-3H3,(H,17,19). The SMILES string of the molecule is CNCC(C)C(=O)NC(C)CC(O)c1ccccc1. The van der Waals surface area contributed by atoms with Crippen LogP contribution in [0.3, 0.4) is 0 Å². The third kappa shape index (κ3) is 5.41. The normalized spacial score (nSPS) is 15.6. The van der Waals surface area contributed by atoms with E-state index < -0.39 is 6.10 Å². The fourth-order valence-electron chi connectivity index (χ4n) is 1.99. The molecule has 0 radical (unpaired) electrons. The lowest BCUT2D eigenvalue weighted by atomic mass is 10.0. The fourth-order valence-corrected chi connectivity index (χ4v) is 1.99. The van der Waals surface area contributed by atoms with Crippen molar-refractivity contribution < 1.29 is 9.90 Å². The number of amides is 1. The van der Waals surface area contributed by atoms with Crippen LogP contribution in [0.1, 0.15) is 31.9 Å². The minimum Gasteiger partial charge on any atom is -0.388 e. The molecule has 0 saturated carbocycles. The molecule has 0 bridgehead atoms. The molecule has 3 atom stereocenters. The van der Waals surface area contributed by atoms with Gasteiger partial charge in [-0.2, -0.15) is 0 Å². The number of carbonyl (C=O) groups excluding carboxylic acids is 1. The summed E-state index contributed by atoms with van der Waals surface area (Å²) in [5, 5.41) is 16.0. The lowest BCUT2D eigenvalue weighted by Gasteiger charge is -2.20. The van der Waals surface area contributed by atoms with E-state index in [0.29, 0.717) is 13.0 Å². The maximum absolute atomic E-state index is 11.8. The van der Waals surface area contributed by atoms with Crippen molar-refractivity contribution in [3.8, 4) is 0 Å². The summed E-state index contributed by atoms with van der Waals surface area (Å²) in [7, 11) is 1.83. The first kappa shape index (κ1) is 15.7. The van der Waals surface area contributed by atoms with Crippen LogP contribution < -0.4 is 10.6 Å². The highest BCUT2D eigenvalue weighted by molar-refractivity contribution is 5.78. The number of carbonyl (C=O) groups is 1. The van der Waals surface area contributed by atoms with Gasteiger partial charge in [-0.15, -0.1) is 0 Å². The van der Waals surface area contributed by atoms with Gasteiger partial charge in [-0.3, -0.25) is 4.79 Å². The molecule has 0 fully saturated rings. The Bertz CT molecular complexity index is 381. The largest absolute Gasteiger partial charge is 0.388 e. The van der Waals surface area contributed by atoms with Gasteiger partial charge in [0, 0.05) is 18.5 Å². The minimum absolute atomic E-state index is 0.0158. The number of hydrogen-bond acceptors (Lipinski definition) is 3. The summed E-state index contributed by atoms with van der Waals surface area (Å²) in [6, 6.07) is 9.45. The monoisotopic (exact) mass is 264 g/mol. The van der Waals surface area contributed by atoms with Gasteiger partial charge in [0.2, 0.25) is 5.91 Å². The van der Waals surface area contributed by atoms with Crippen LogP contribution in [0.5, 0.6) is 0 Å². The molecule has 1 amide bonds. The average Bonchev–Trinajstić information content (AvgIpc) is 2.39. The van der Waals surface area contributed by atoms with E-state index in [2.05, 4.69) is 10.6 Å². The van der Waals surface area contributed by atoms with Gasteiger partial charge in [0.25, 0.3) is 0 Å². The molecule has 0 heterocycles. The zero-order chi connectivity index (χ0) is 14.3. The van der Waals surface area contributed by atoms with E-state index in [1.807, 2.05) is 51.2 Å². The second kappa shape index (κ2) is 7.92. The van der Waals surface area contributed by atoms with E-state index >= 15 is 0 Å². The summed E-state index contributed by atoms with van der Waals surface area (Å²) in [4.78, 5) is 11.8. The molecule has 0 aliphatic rings. The minimum atomic E-state index is -0.545. The number of hydrogen-bond donors (Lipinski definition) is 3. The van der Waals surface area contributed by atoms with Crippen molar-refractivity contribution in [2.45, 2.75) is 32.4 Å². The number of aliphatic hydroxyl groups excluding tert-OH is 1. The molecule has 4 heteroatoms. The summed E-state index contributed by atoms with van der Waals surface area (Å²) in [6.45, 7) is 4.45. The molecule has 0 aliphatic carbocycles. The summed E-state index contributed by atoms with van der Waals surface area (Å²) in [6.07, 6.45) is -0.0294. The van der Waals surface area contributed by atoms with Gasteiger partial charge in [0.05, 0.1) is 6.10 Å². The molecule has 1 aromatic rings. The van der Waals surface area contributed by atoms with Gasteiger partial charge in [0.1, 0.15) is 0 Å². The van der Waals surface area contributed by atoms with Crippen LogP contribution in [-0.2, 0) is 4.79 Å². The molecule has 4 nitrogen and oxygen atoms in total. The highest BCUT2D eigenvalue weighted by Gasteiger charge is 2.17. The summed E-state index contributed by atoms with van der Waals surface area (Å²) >= 11 is 0. The average molecular weight is 264 g/mol. The Kier molecular flexibility index (Phi) is 6.53. The highest BCUT2D eigenvalue weighted by atomic mass is 16.3. The summed E-state index contributed by atoms with van der Waals surface area (Å²) in [5.41, 5.74) is 0.881. The second-order valence-electron chi connectivity index (χ2n) is 5.03. The molecular formula is C15H24N2O2. The van der Waals surface area contributed by atoms with E-state index in [4.69, 9.17) is 0 Å². The Hall–Kier alpha value is -1.39. The molecule has 0 spiro atoms. The van der Waals surface area contributed by atoms with Crippen LogP contribution >= 0.6 is 0 Å². The van der Waals surface area contributed by atoms with Crippen LogP contribution in [0.4, 0.5) is 0 Å². The first-order chi connectivity index (χ1) is 9.04. The van der Waals surface area contributed by atoms with Crippen molar-refractivity contribution in [3.05, 3.63) is 35.9 Å². The third-order valence-electron chi connectivity index (χ3n) is 3.11. The molecule has 0 saturated heterocycles. The van der Waals surface area contributed by atoms with Crippen LogP contribution in [0, 0.1) is 5.92 Å². The molecule has 106 valence electrons. The number of rotatable bonds is 7. The zero-order valence-corrected chi connectivity index (χ0v) is 11.9. The number of benzene rings is 1. The molecular weight excluding hydrogens is 240 g/mol. The Labute approximate surface area is 115 Å². The van der Waals surface area contributed by atoms with Crippen LogP contribution in [0.15, 0.2) is 30.3 Å². The van der Waals surface area contributed by atoms with Gasteiger partial charge in [-0.1, -0.05) is 37.3 Å². The second-order valence-corrected chi connectivity index (χ2v) is 5.03. The van der Waals surface area contributed by atoms with Gasteiger partial charge >= 0.3 is 0 Å². The van der Waals surface area contributed by atoms with Crippen LogP contribution in [0.25, 0.3) is 0 Å². The molecule has 1 rings (SSSR count). The van der Waals surface area contributed by atoms with Crippen LogP contribution in [-0.4, -0.2) is 30.6 Å². The van der Waals surface area contributed by atoms with Crippen molar-refractivity contribution in [2.24, 2.45) is 5.92 Å². The lowest BCUT2D eigenvalue weighted by Crippen LogP contribution is -2.40. The Morgan fingerprint density at radius 2 is 1.89 bits per heavy atom. The van der Waals surface area contributed by atoms with E-state index in [1.54, 1.807) is 0 Å². The maximum atomic E-state index is 11.8. The lowest BCUT2D eigenvalue weighted by molar-refractivity contribution is -0.125. The topological polar surface area (TPSA) is 61.4 Å². The van der Waals surface area contributed by atoms with Crippen molar-refractivity contribution in [3.63, 3.8) is 0 Å². The van der Waals surface area contributed by atoms with Crippen LogP contribution in [0.2, 0.25) is 0 Å². The van der Waals surface area contributed by atoms with Gasteiger partial charge in [0.15, 0.2) is 0 Å². The highest BCUT2D eigenvalue weighted by Crippen LogP contribution is 2.17. The molecule has 3 N–H and O–H groups in total. The Morgan fingerprint density at radius 1 is 1.26 bits per heavy atom. The predicted octanol–water partition coefficient (Wildman–Crippen LogP) is 1.47. The smallest absolute Gasteiger partial charge is 0.224 e. The van der Waals surface area contributed by atoms with Crippen molar-refractivity contribution >= 4 is 5.91 Å². The molecule has 19 heavy (non-hydrogen) atoms. The predicted molar refractivity (Wildman–Crippen MR) is 76.7 cm³/mol. The Morgan fingerprint density at radius 3 is 2.47 bits per heavy atom. The maximum Gasteiger partial charge on any atom is 0.224 e. The van der Waals surface area contributed by atoms with Crippen molar-refractivity contribution in [2.75, 3.05) is 13.6 Å². The van der Waals surface area contributed by atoms with E-state index in [9.17, 15) is 9.90 Å². The Balaban J connectivity index is 2.43.